The Balaban J connectivity index is 1.90. The van der Waals surface area contributed by atoms with Gasteiger partial charge >= 0.3 is 12.0 Å². The van der Waals surface area contributed by atoms with Crippen LogP contribution < -0.4 is 10.6 Å². The summed E-state index contributed by atoms with van der Waals surface area (Å²) in [7, 11) is 0. The average Bonchev–Trinajstić information content (AvgIpc) is 2.93. The zero-order chi connectivity index (χ0) is 15.4. The Kier molecular flexibility index (Phi) is 5.22. The molecule has 1 saturated carbocycles. The zero-order valence-corrected chi connectivity index (χ0v) is 13.2. The van der Waals surface area contributed by atoms with Crippen molar-refractivity contribution in [2.45, 2.75) is 45.2 Å². The summed E-state index contributed by atoms with van der Waals surface area (Å²) in [4.78, 5) is 23.9. The number of urea groups is 1. The summed E-state index contributed by atoms with van der Waals surface area (Å²) in [5.41, 5.74) is 0. The number of carboxylic acid groups (broad SMARTS) is 1. The maximum absolute atomic E-state index is 12.0. The molecule has 1 aliphatic carbocycles. The molecule has 0 bridgehead atoms. The topological polar surface area (TPSA) is 78.4 Å². The van der Waals surface area contributed by atoms with Crippen molar-refractivity contribution in [2.75, 3.05) is 0 Å². The molecule has 6 heteroatoms. The van der Waals surface area contributed by atoms with Crippen LogP contribution in [0.5, 0.6) is 0 Å². The smallest absolute Gasteiger partial charge is 0.331 e. The first-order chi connectivity index (χ1) is 9.97. The summed E-state index contributed by atoms with van der Waals surface area (Å²) >= 11 is 1.32. The fourth-order valence-electron chi connectivity index (χ4n) is 2.75. The summed E-state index contributed by atoms with van der Waals surface area (Å²) in [5, 5.41) is 16.5. The third-order valence-electron chi connectivity index (χ3n) is 4.28. The van der Waals surface area contributed by atoms with Crippen LogP contribution >= 0.6 is 11.3 Å². The van der Waals surface area contributed by atoms with Crippen LogP contribution in [0.4, 0.5) is 4.79 Å². The van der Waals surface area contributed by atoms with Crippen molar-refractivity contribution in [2.24, 2.45) is 11.8 Å². The molecule has 1 aromatic rings. The molecule has 0 radical (unpaired) electrons. The van der Waals surface area contributed by atoms with Gasteiger partial charge in [-0.05, 0) is 42.5 Å². The lowest BCUT2D eigenvalue weighted by Crippen LogP contribution is -2.47. The van der Waals surface area contributed by atoms with Crippen LogP contribution in [0.1, 0.15) is 44.0 Å². The van der Waals surface area contributed by atoms with Crippen LogP contribution in [0.25, 0.3) is 0 Å². The molecule has 5 nitrogen and oxygen atoms in total. The largest absolute Gasteiger partial charge is 0.479 e. The Hall–Kier alpha value is -1.56. The molecule has 116 valence electrons. The van der Waals surface area contributed by atoms with E-state index in [9.17, 15) is 14.7 Å². The average molecular weight is 310 g/mol. The van der Waals surface area contributed by atoms with Gasteiger partial charge in [0.15, 0.2) is 6.04 Å². The molecule has 4 unspecified atom stereocenters. The number of nitrogens with one attached hydrogen (secondary N) is 2. The van der Waals surface area contributed by atoms with Gasteiger partial charge in [-0.15, -0.1) is 11.3 Å². The molecule has 0 saturated heterocycles. The van der Waals surface area contributed by atoms with E-state index in [4.69, 9.17) is 0 Å². The fraction of sp³-hybridized carbons (Fsp3) is 0.600. The number of carboxylic acids is 1. The molecule has 1 heterocycles. The van der Waals surface area contributed by atoms with Crippen LogP contribution in [0.15, 0.2) is 17.5 Å². The maximum Gasteiger partial charge on any atom is 0.331 e. The van der Waals surface area contributed by atoms with Gasteiger partial charge in [-0.25, -0.2) is 9.59 Å². The first-order valence-corrected chi connectivity index (χ1v) is 8.18. The zero-order valence-electron chi connectivity index (χ0n) is 12.3. The highest BCUT2D eigenvalue weighted by Crippen LogP contribution is 2.29. The molecule has 1 fully saturated rings. The second-order valence-electron chi connectivity index (χ2n) is 5.87. The van der Waals surface area contributed by atoms with Crippen LogP contribution in [0, 0.1) is 11.8 Å². The van der Waals surface area contributed by atoms with Crippen molar-refractivity contribution in [3.63, 3.8) is 0 Å². The summed E-state index contributed by atoms with van der Waals surface area (Å²) < 4.78 is 0. The number of rotatable bonds is 4. The molecule has 4 atom stereocenters. The van der Waals surface area contributed by atoms with Crippen LogP contribution in [0.3, 0.4) is 0 Å². The quantitative estimate of drug-likeness (QED) is 0.800. The van der Waals surface area contributed by atoms with Crippen molar-refractivity contribution in [1.29, 1.82) is 0 Å². The Morgan fingerprint density at radius 3 is 2.67 bits per heavy atom. The Morgan fingerprint density at radius 1 is 1.33 bits per heavy atom. The van der Waals surface area contributed by atoms with E-state index in [1.807, 2.05) is 0 Å². The number of carbonyl (C=O) groups is 2. The highest BCUT2D eigenvalue weighted by molar-refractivity contribution is 7.10. The van der Waals surface area contributed by atoms with E-state index in [1.165, 1.54) is 11.3 Å². The van der Waals surface area contributed by atoms with E-state index in [0.29, 0.717) is 16.7 Å². The second-order valence-corrected chi connectivity index (χ2v) is 6.85. The molecule has 21 heavy (non-hydrogen) atoms. The van der Waals surface area contributed by atoms with E-state index in [2.05, 4.69) is 24.5 Å². The highest BCUT2D eigenvalue weighted by atomic mass is 32.1. The van der Waals surface area contributed by atoms with Crippen LogP contribution in [-0.4, -0.2) is 23.1 Å². The van der Waals surface area contributed by atoms with E-state index < -0.39 is 18.0 Å². The maximum atomic E-state index is 12.0. The Labute approximate surface area is 128 Å². The third kappa shape index (κ3) is 4.20. The lowest BCUT2D eigenvalue weighted by Gasteiger charge is -2.32. The third-order valence-corrected chi connectivity index (χ3v) is 5.22. The van der Waals surface area contributed by atoms with Gasteiger partial charge in [0, 0.05) is 10.9 Å². The minimum Gasteiger partial charge on any atom is -0.479 e. The van der Waals surface area contributed by atoms with Crippen LogP contribution in [0.2, 0.25) is 0 Å². The summed E-state index contributed by atoms with van der Waals surface area (Å²) in [6.07, 6.45) is 3.00. The summed E-state index contributed by atoms with van der Waals surface area (Å²) in [6.45, 7) is 4.43. The van der Waals surface area contributed by atoms with Crippen molar-refractivity contribution in [3.05, 3.63) is 22.4 Å². The number of hydrogen-bond donors (Lipinski definition) is 3. The SMILES string of the molecule is CC1CCC(NC(=O)NC(C(=O)O)c2cccs2)CC1C. The van der Waals surface area contributed by atoms with Gasteiger partial charge < -0.3 is 15.7 Å². The minimum atomic E-state index is -1.04. The first-order valence-electron chi connectivity index (χ1n) is 7.30. The molecule has 2 amide bonds. The fourth-order valence-corrected chi connectivity index (χ4v) is 3.51. The molecule has 0 aromatic carbocycles. The molecule has 0 spiro atoms. The van der Waals surface area contributed by atoms with Gasteiger partial charge in [0.2, 0.25) is 0 Å². The van der Waals surface area contributed by atoms with Crippen molar-refractivity contribution in [1.82, 2.24) is 10.6 Å². The summed E-state index contributed by atoms with van der Waals surface area (Å²) in [6, 6.07) is 2.25. The molecular weight excluding hydrogens is 288 g/mol. The normalized spacial score (nSPS) is 26.9. The predicted molar refractivity (Wildman–Crippen MR) is 82.3 cm³/mol. The molecule has 0 aliphatic heterocycles. The second kappa shape index (κ2) is 6.93. The molecule has 3 N–H and O–H groups in total. The van der Waals surface area contributed by atoms with Crippen molar-refractivity contribution < 1.29 is 14.7 Å². The standard InChI is InChI=1S/C15H22N2O3S/c1-9-5-6-11(8-10(9)2)16-15(20)17-13(14(18)19)12-4-3-7-21-12/h3-4,7,9-11,13H,5-6,8H2,1-2H3,(H,18,19)(H2,16,17,20). The van der Waals surface area contributed by atoms with Gasteiger partial charge in [-0.2, -0.15) is 0 Å². The number of carbonyl (C=O) groups excluding carboxylic acids is 1. The number of amides is 2. The number of thiophene rings is 1. The lowest BCUT2D eigenvalue weighted by molar-refractivity contribution is -0.139. The number of aliphatic carboxylic acids is 1. The predicted octanol–water partition coefficient (Wildman–Crippen LogP) is 3.00. The van der Waals surface area contributed by atoms with Gasteiger partial charge in [0.1, 0.15) is 0 Å². The van der Waals surface area contributed by atoms with Crippen LogP contribution in [-0.2, 0) is 4.79 Å². The Bertz CT molecular complexity index is 489. The van der Waals surface area contributed by atoms with E-state index >= 15 is 0 Å². The molecular formula is C15H22N2O3S. The van der Waals surface area contributed by atoms with Gasteiger partial charge in [0.05, 0.1) is 0 Å². The molecule has 1 aromatic heterocycles. The highest BCUT2D eigenvalue weighted by Gasteiger charge is 2.28. The van der Waals surface area contributed by atoms with Crippen molar-refractivity contribution in [3.8, 4) is 0 Å². The summed E-state index contributed by atoms with van der Waals surface area (Å²) in [5.74, 6) is 0.221. The van der Waals surface area contributed by atoms with Crippen molar-refractivity contribution >= 4 is 23.3 Å². The lowest BCUT2D eigenvalue weighted by atomic mass is 9.79. The van der Waals surface area contributed by atoms with Gasteiger partial charge in [0.25, 0.3) is 0 Å². The van der Waals surface area contributed by atoms with E-state index in [0.717, 1.165) is 19.3 Å². The first kappa shape index (κ1) is 15.8. The van der Waals surface area contributed by atoms with E-state index in [-0.39, 0.29) is 6.04 Å². The Morgan fingerprint density at radius 2 is 2.10 bits per heavy atom. The van der Waals surface area contributed by atoms with Gasteiger partial charge in [-0.1, -0.05) is 19.9 Å². The van der Waals surface area contributed by atoms with E-state index in [1.54, 1.807) is 17.5 Å². The monoisotopic (exact) mass is 310 g/mol. The number of hydrogen-bond acceptors (Lipinski definition) is 3. The molecule has 2 rings (SSSR count). The minimum absolute atomic E-state index is 0.133. The molecule has 1 aliphatic rings. The van der Waals surface area contributed by atoms with Gasteiger partial charge in [-0.3, -0.25) is 0 Å².